The van der Waals surface area contributed by atoms with Crippen molar-refractivity contribution in [3.05, 3.63) is 129 Å². The van der Waals surface area contributed by atoms with Gasteiger partial charge in [-0.25, -0.2) is 0 Å². The smallest absolute Gasteiger partial charge is 0.258 e. The first-order chi connectivity index (χ1) is 32.0. The van der Waals surface area contributed by atoms with Crippen molar-refractivity contribution < 1.29 is 38.2 Å². The van der Waals surface area contributed by atoms with E-state index in [4.69, 9.17) is 67.5 Å². The Morgan fingerprint density at radius 2 is 1.00 bits per heavy atom. The second-order valence-electron chi connectivity index (χ2n) is 14.4. The minimum Gasteiger partial charge on any atom is -0.497 e. The number of Topliss-reactive ketones (excluding diaryl/α,β-unsaturated/α-hetero) is 2. The van der Waals surface area contributed by atoms with Gasteiger partial charge in [0.05, 0.1) is 25.6 Å². The molecule has 5 aromatic carbocycles. The molecule has 0 saturated heterocycles. The first-order valence-electron chi connectivity index (χ1n) is 19.9. The summed E-state index contributed by atoms with van der Waals surface area (Å²) in [6.07, 6.45) is 0.203. The molecule has 0 radical (unpaired) electrons. The van der Waals surface area contributed by atoms with Crippen LogP contribution >= 0.6 is 58.0 Å². The minimum atomic E-state index is -1.62. The Hall–Kier alpha value is -6.43. The standard InChI is InChI=1S/C46H41Cl5N8O8/c1-24(60)41(58-56-34-16-29(13-31(50)18-34)43(62)54-39-20-36(66-3)8-5-27(39)22-48)45(64)52-33-7-10-38(26(15-33)11-12-47)53-46(65)42(25(2)61)59-57-35-17-30(14-32(51)19-35)44(63)55-40-21-37(67-4)9-6-28(40)23-49/h5-10,13-21,41-42H,11-12,22-23H2,1-4H3,(H,52,64)(H,53,65)(H,54,62)(H,55,63). The highest BCUT2D eigenvalue weighted by atomic mass is 35.5. The van der Waals surface area contributed by atoms with Gasteiger partial charge < -0.3 is 30.7 Å². The minimum absolute atomic E-state index is 0.0814. The zero-order valence-corrected chi connectivity index (χ0v) is 39.9. The third-order valence-electron chi connectivity index (χ3n) is 9.55. The van der Waals surface area contributed by atoms with E-state index in [1.165, 1.54) is 68.8 Å². The fourth-order valence-electron chi connectivity index (χ4n) is 6.15. The molecule has 0 heterocycles. The summed E-state index contributed by atoms with van der Waals surface area (Å²) >= 11 is 30.8. The van der Waals surface area contributed by atoms with Gasteiger partial charge in [0, 0.05) is 73.7 Å². The molecular weight excluding hydrogens is 970 g/mol. The number of hydrogen-bond donors (Lipinski definition) is 4. The van der Waals surface area contributed by atoms with E-state index in [9.17, 15) is 28.8 Å². The number of amides is 4. The number of azo groups is 2. The molecule has 0 aliphatic heterocycles. The molecule has 0 saturated carbocycles. The number of alkyl halides is 3. The van der Waals surface area contributed by atoms with Gasteiger partial charge in [0.2, 0.25) is 12.1 Å². The van der Waals surface area contributed by atoms with Gasteiger partial charge in [0.15, 0.2) is 11.6 Å². The molecule has 0 spiro atoms. The van der Waals surface area contributed by atoms with Gasteiger partial charge in [-0.2, -0.15) is 20.5 Å². The van der Waals surface area contributed by atoms with Crippen molar-refractivity contribution in [2.24, 2.45) is 20.5 Å². The number of anilines is 4. The molecule has 67 heavy (non-hydrogen) atoms. The second-order valence-corrected chi connectivity index (χ2v) is 16.1. The maximum Gasteiger partial charge on any atom is 0.258 e. The highest BCUT2D eigenvalue weighted by Crippen LogP contribution is 2.30. The first kappa shape index (κ1) is 51.6. The molecule has 0 bridgehead atoms. The van der Waals surface area contributed by atoms with Crippen molar-refractivity contribution in [2.75, 3.05) is 41.4 Å². The van der Waals surface area contributed by atoms with Crippen LogP contribution in [0.5, 0.6) is 11.5 Å². The number of carbonyl (C=O) groups excluding carboxylic acids is 6. The van der Waals surface area contributed by atoms with E-state index in [2.05, 4.69) is 41.7 Å². The van der Waals surface area contributed by atoms with Gasteiger partial charge in [-0.05, 0) is 104 Å². The highest BCUT2D eigenvalue weighted by Gasteiger charge is 2.26. The van der Waals surface area contributed by atoms with E-state index in [0.717, 1.165) is 13.8 Å². The van der Waals surface area contributed by atoms with Crippen molar-refractivity contribution in [1.29, 1.82) is 0 Å². The third kappa shape index (κ3) is 14.3. The highest BCUT2D eigenvalue weighted by molar-refractivity contribution is 6.32. The Morgan fingerprint density at radius 3 is 1.42 bits per heavy atom. The van der Waals surface area contributed by atoms with E-state index < -0.39 is 47.3 Å². The Labute approximate surface area is 409 Å². The zero-order valence-electron chi connectivity index (χ0n) is 36.1. The molecule has 4 N–H and O–H groups in total. The fraction of sp³-hybridized carbons (Fsp3) is 0.217. The van der Waals surface area contributed by atoms with Crippen molar-refractivity contribution in [1.82, 2.24) is 0 Å². The summed E-state index contributed by atoms with van der Waals surface area (Å²) in [4.78, 5) is 78.8. The lowest BCUT2D eigenvalue weighted by Gasteiger charge is -2.15. The molecule has 0 aromatic heterocycles. The average molecular weight is 1010 g/mol. The van der Waals surface area contributed by atoms with Crippen LogP contribution in [0.1, 0.15) is 51.3 Å². The van der Waals surface area contributed by atoms with Crippen molar-refractivity contribution in [3.63, 3.8) is 0 Å². The van der Waals surface area contributed by atoms with Crippen LogP contribution in [0.25, 0.3) is 0 Å². The molecule has 5 rings (SSSR count). The molecule has 0 aliphatic rings. The fourth-order valence-corrected chi connectivity index (χ4v) is 7.27. The predicted octanol–water partition coefficient (Wildman–Crippen LogP) is 11.1. The molecule has 2 unspecified atom stereocenters. The van der Waals surface area contributed by atoms with Crippen molar-refractivity contribution in [3.8, 4) is 11.5 Å². The summed E-state index contributed by atoms with van der Waals surface area (Å²) in [5.74, 6) is -2.72. The molecule has 5 aromatic rings. The molecule has 16 nitrogen and oxygen atoms in total. The van der Waals surface area contributed by atoms with Gasteiger partial charge >= 0.3 is 0 Å². The monoisotopic (exact) mass is 1010 g/mol. The Balaban J connectivity index is 1.28. The number of benzene rings is 5. The summed E-state index contributed by atoms with van der Waals surface area (Å²) in [5.41, 5.74) is 3.42. The number of hydrogen-bond acceptors (Lipinski definition) is 12. The van der Waals surface area contributed by atoms with Crippen LogP contribution < -0.4 is 30.7 Å². The summed E-state index contributed by atoms with van der Waals surface area (Å²) in [6, 6.07) is 19.6. The van der Waals surface area contributed by atoms with E-state index >= 15 is 0 Å². The lowest BCUT2D eigenvalue weighted by molar-refractivity contribution is -0.127. The molecule has 4 amide bonds. The van der Waals surface area contributed by atoms with Gasteiger partial charge in [-0.3, -0.25) is 28.8 Å². The van der Waals surface area contributed by atoms with Crippen molar-refractivity contribution >= 4 is 127 Å². The number of aryl methyl sites for hydroxylation is 1. The molecule has 2 atom stereocenters. The third-order valence-corrected chi connectivity index (χ3v) is 10.7. The van der Waals surface area contributed by atoms with Gasteiger partial charge in [-0.15, -0.1) is 34.8 Å². The van der Waals surface area contributed by atoms with Crippen LogP contribution in [0.4, 0.5) is 34.1 Å². The van der Waals surface area contributed by atoms with Crippen LogP contribution in [0.2, 0.25) is 10.0 Å². The van der Waals surface area contributed by atoms with Crippen LogP contribution in [-0.4, -0.2) is 67.4 Å². The molecular formula is C46H41Cl5N8O8. The summed E-state index contributed by atoms with van der Waals surface area (Å²) in [6.45, 7) is 2.32. The van der Waals surface area contributed by atoms with Gasteiger partial charge in [0.25, 0.3) is 23.6 Å². The van der Waals surface area contributed by atoms with Crippen LogP contribution in [-0.2, 0) is 37.4 Å². The average Bonchev–Trinajstić information content (AvgIpc) is 3.29. The van der Waals surface area contributed by atoms with Crippen molar-refractivity contribution in [2.45, 2.75) is 44.1 Å². The number of nitrogens with one attached hydrogen (secondary N) is 4. The molecule has 0 aliphatic carbocycles. The predicted molar refractivity (Wildman–Crippen MR) is 260 cm³/mol. The molecule has 0 fully saturated rings. The summed E-state index contributed by atoms with van der Waals surface area (Å²) < 4.78 is 10.5. The molecule has 348 valence electrons. The Kier molecular flexibility index (Phi) is 18.8. The summed E-state index contributed by atoms with van der Waals surface area (Å²) in [5, 5.41) is 27.2. The first-order valence-corrected chi connectivity index (χ1v) is 22.2. The normalized spacial score (nSPS) is 12.0. The maximum absolute atomic E-state index is 13.5. The maximum atomic E-state index is 13.5. The summed E-state index contributed by atoms with van der Waals surface area (Å²) in [7, 11) is 2.97. The number of nitrogens with zero attached hydrogens (tertiary/aromatic N) is 4. The van der Waals surface area contributed by atoms with Crippen LogP contribution in [0, 0.1) is 0 Å². The number of methoxy groups -OCH3 is 2. The Morgan fingerprint density at radius 1 is 0.537 bits per heavy atom. The van der Waals surface area contributed by atoms with E-state index in [1.807, 2.05) is 0 Å². The number of carbonyl (C=O) groups is 6. The van der Waals surface area contributed by atoms with Crippen LogP contribution in [0.3, 0.4) is 0 Å². The number of halogens is 5. The van der Waals surface area contributed by atoms with Gasteiger partial charge in [0.1, 0.15) is 11.5 Å². The quantitative estimate of drug-likeness (QED) is 0.0333. The van der Waals surface area contributed by atoms with Gasteiger partial charge in [-0.1, -0.05) is 35.3 Å². The second kappa shape index (κ2) is 24.4. The Bertz CT molecular complexity index is 2770. The van der Waals surface area contributed by atoms with E-state index in [1.54, 1.807) is 36.4 Å². The largest absolute Gasteiger partial charge is 0.497 e. The van der Waals surface area contributed by atoms with E-state index in [0.29, 0.717) is 39.6 Å². The topological polar surface area (TPSA) is 218 Å². The lowest BCUT2D eigenvalue weighted by atomic mass is 10.1. The number of rotatable bonds is 20. The zero-order chi connectivity index (χ0) is 48.8. The lowest BCUT2D eigenvalue weighted by Crippen LogP contribution is -2.32. The number of ether oxygens (including phenoxy) is 2. The van der Waals surface area contributed by atoms with Crippen LogP contribution in [0.15, 0.2) is 111 Å². The number of ketones is 2. The SMILES string of the molecule is COc1ccc(CCl)c(NC(=O)c2cc(Cl)cc(N=NC(C(C)=O)C(=O)Nc3ccc(NC(=O)C(N=Nc4cc(Cl)cc(C(=O)Nc5cc(OC)ccc5CCl)c4)C(C)=O)c(CCCl)c3)c2)c1. The molecule has 21 heteroatoms. The van der Waals surface area contributed by atoms with E-state index in [-0.39, 0.29) is 68.0 Å².